The third-order valence-corrected chi connectivity index (χ3v) is 2.06. The van der Waals surface area contributed by atoms with Gasteiger partial charge >= 0.3 is 0 Å². The molecule has 0 fully saturated rings. The standard InChI is InChI=1S/C11H18O/c1-3-5-10-6-8-11(9-7-10)12-4-2/h6-8,11H,3-5,9H2,1-2H3. The van der Waals surface area contributed by atoms with Gasteiger partial charge in [-0.05, 0) is 19.8 Å². The summed E-state index contributed by atoms with van der Waals surface area (Å²) in [7, 11) is 0. The fraction of sp³-hybridized carbons (Fsp3) is 0.636. The van der Waals surface area contributed by atoms with Crippen LogP contribution in [0.1, 0.15) is 33.1 Å². The molecule has 0 bridgehead atoms. The van der Waals surface area contributed by atoms with Crippen molar-refractivity contribution in [3.05, 3.63) is 23.8 Å². The summed E-state index contributed by atoms with van der Waals surface area (Å²) >= 11 is 0. The van der Waals surface area contributed by atoms with Gasteiger partial charge in [0, 0.05) is 6.61 Å². The predicted molar refractivity (Wildman–Crippen MR) is 52.2 cm³/mol. The van der Waals surface area contributed by atoms with Gasteiger partial charge in [0.25, 0.3) is 0 Å². The van der Waals surface area contributed by atoms with Crippen molar-refractivity contribution >= 4 is 0 Å². The third kappa shape index (κ3) is 2.82. The molecule has 0 saturated heterocycles. The van der Waals surface area contributed by atoms with Gasteiger partial charge in [0.1, 0.15) is 0 Å². The van der Waals surface area contributed by atoms with E-state index in [1.54, 1.807) is 0 Å². The van der Waals surface area contributed by atoms with E-state index in [9.17, 15) is 0 Å². The molecule has 1 nitrogen and oxygen atoms in total. The molecule has 1 aliphatic carbocycles. The molecule has 0 aliphatic heterocycles. The lowest BCUT2D eigenvalue weighted by atomic mass is 10.0. The second-order valence-electron chi connectivity index (χ2n) is 3.12. The number of hydrogen-bond donors (Lipinski definition) is 0. The normalized spacial score (nSPS) is 22.5. The Balaban J connectivity index is 2.33. The van der Waals surface area contributed by atoms with Crippen molar-refractivity contribution in [2.45, 2.75) is 39.2 Å². The number of hydrogen-bond acceptors (Lipinski definition) is 1. The Hall–Kier alpha value is -0.560. The van der Waals surface area contributed by atoms with Crippen LogP contribution in [0.2, 0.25) is 0 Å². The van der Waals surface area contributed by atoms with Gasteiger partial charge in [-0.25, -0.2) is 0 Å². The van der Waals surface area contributed by atoms with Crippen molar-refractivity contribution in [2.75, 3.05) is 6.61 Å². The van der Waals surface area contributed by atoms with E-state index < -0.39 is 0 Å². The van der Waals surface area contributed by atoms with Crippen LogP contribution >= 0.6 is 0 Å². The minimum atomic E-state index is 0.329. The molecule has 0 N–H and O–H groups in total. The second-order valence-corrected chi connectivity index (χ2v) is 3.12. The molecule has 12 heavy (non-hydrogen) atoms. The topological polar surface area (TPSA) is 9.23 Å². The minimum Gasteiger partial charge on any atom is -0.374 e. The van der Waals surface area contributed by atoms with Crippen LogP contribution in [0.4, 0.5) is 0 Å². The molecule has 1 rings (SSSR count). The number of ether oxygens (including phenoxy) is 1. The largest absolute Gasteiger partial charge is 0.374 e. The molecule has 0 aromatic heterocycles. The summed E-state index contributed by atoms with van der Waals surface area (Å²) in [5, 5.41) is 0. The summed E-state index contributed by atoms with van der Waals surface area (Å²) in [6.07, 6.45) is 10.5. The minimum absolute atomic E-state index is 0.329. The zero-order valence-electron chi connectivity index (χ0n) is 8.05. The lowest BCUT2D eigenvalue weighted by Crippen LogP contribution is -2.10. The van der Waals surface area contributed by atoms with E-state index >= 15 is 0 Å². The molecule has 1 atom stereocenters. The maximum absolute atomic E-state index is 5.48. The first kappa shape index (κ1) is 9.53. The molecule has 1 aliphatic rings. The lowest BCUT2D eigenvalue weighted by molar-refractivity contribution is 0.0974. The molecule has 0 saturated carbocycles. The number of rotatable bonds is 4. The van der Waals surface area contributed by atoms with Crippen LogP contribution in [0.25, 0.3) is 0 Å². The SMILES string of the molecule is CCCC1=CCC(OCC)C=C1. The summed E-state index contributed by atoms with van der Waals surface area (Å²) in [4.78, 5) is 0. The second kappa shape index (κ2) is 5.15. The highest BCUT2D eigenvalue weighted by Gasteiger charge is 2.06. The van der Waals surface area contributed by atoms with Crippen LogP contribution in [0.5, 0.6) is 0 Å². The summed E-state index contributed by atoms with van der Waals surface area (Å²) in [6, 6.07) is 0. The third-order valence-electron chi connectivity index (χ3n) is 2.06. The highest BCUT2D eigenvalue weighted by atomic mass is 16.5. The summed E-state index contributed by atoms with van der Waals surface area (Å²) < 4.78 is 5.48. The Morgan fingerprint density at radius 1 is 1.50 bits per heavy atom. The Morgan fingerprint density at radius 3 is 2.83 bits per heavy atom. The highest BCUT2D eigenvalue weighted by Crippen LogP contribution is 2.16. The van der Waals surface area contributed by atoms with Gasteiger partial charge in [0.2, 0.25) is 0 Å². The first-order valence-electron chi connectivity index (χ1n) is 4.85. The van der Waals surface area contributed by atoms with Crippen LogP contribution < -0.4 is 0 Å². The predicted octanol–water partition coefficient (Wildman–Crippen LogP) is 3.08. The van der Waals surface area contributed by atoms with E-state index in [1.807, 2.05) is 6.92 Å². The van der Waals surface area contributed by atoms with Gasteiger partial charge in [0.15, 0.2) is 0 Å². The Kier molecular flexibility index (Phi) is 4.09. The smallest absolute Gasteiger partial charge is 0.0793 e. The fourth-order valence-electron chi connectivity index (χ4n) is 1.46. The fourth-order valence-corrected chi connectivity index (χ4v) is 1.46. The zero-order valence-corrected chi connectivity index (χ0v) is 8.05. The van der Waals surface area contributed by atoms with E-state index in [2.05, 4.69) is 25.2 Å². The van der Waals surface area contributed by atoms with Crippen molar-refractivity contribution in [1.82, 2.24) is 0 Å². The van der Waals surface area contributed by atoms with Gasteiger partial charge < -0.3 is 4.74 Å². The molecular weight excluding hydrogens is 148 g/mol. The van der Waals surface area contributed by atoms with E-state index in [0.717, 1.165) is 13.0 Å². The Labute approximate surface area is 75.1 Å². The van der Waals surface area contributed by atoms with Gasteiger partial charge in [-0.3, -0.25) is 0 Å². The zero-order chi connectivity index (χ0) is 8.81. The monoisotopic (exact) mass is 166 g/mol. The molecule has 68 valence electrons. The van der Waals surface area contributed by atoms with Gasteiger partial charge in [0.05, 0.1) is 6.10 Å². The van der Waals surface area contributed by atoms with Crippen LogP contribution in [-0.2, 0) is 4.74 Å². The molecule has 0 radical (unpaired) electrons. The van der Waals surface area contributed by atoms with E-state index in [4.69, 9.17) is 4.74 Å². The maximum Gasteiger partial charge on any atom is 0.0793 e. The van der Waals surface area contributed by atoms with Crippen LogP contribution in [0, 0.1) is 0 Å². The van der Waals surface area contributed by atoms with Crippen molar-refractivity contribution in [3.8, 4) is 0 Å². The summed E-state index contributed by atoms with van der Waals surface area (Å²) in [5.41, 5.74) is 1.47. The van der Waals surface area contributed by atoms with E-state index in [1.165, 1.54) is 18.4 Å². The lowest BCUT2D eigenvalue weighted by Gasteiger charge is -2.15. The first-order valence-corrected chi connectivity index (χ1v) is 4.85. The van der Waals surface area contributed by atoms with Crippen molar-refractivity contribution in [2.24, 2.45) is 0 Å². The highest BCUT2D eigenvalue weighted by molar-refractivity contribution is 5.24. The van der Waals surface area contributed by atoms with Crippen molar-refractivity contribution in [3.63, 3.8) is 0 Å². The first-order chi connectivity index (χ1) is 5.86. The number of allylic oxidation sites excluding steroid dienone is 2. The van der Waals surface area contributed by atoms with Gasteiger partial charge in [-0.2, -0.15) is 0 Å². The molecular formula is C11H18O. The quantitative estimate of drug-likeness (QED) is 0.623. The van der Waals surface area contributed by atoms with Crippen molar-refractivity contribution in [1.29, 1.82) is 0 Å². The molecule has 0 spiro atoms. The van der Waals surface area contributed by atoms with E-state index in [0.29, 0.717) is 6.10 Å². The Morgan fingerprint density at radius 2 is 2.33 bits per heavy atom. The molecule has 1 heteroatoms. The molecule has 1 unspecified atom stereocenters. The molecule has 0 aromatic rings. The average Bonchev–Trinajstić information content (AvgIpc) is 2.09. The van der Waals surface area contributed by atoms with Gasteiger partial charge in [-0.15, -0.1) is 0 Å². The van der Waals surface area contributed by atoms with Crippen molar-refractivity contribution < 1.29 is 4.74 Å². The molecule has 0 aromatic carbocycles. The molecule has 0 heterocycles. The Bertz CT molecular complexity index is 179. The molecule has 0 amide bonds. The van der Waals surface area contributed by atoms with Crippen LogP contribution in [0.15, 0.2) is 23.8 Å². The average molecular weight is 166 g/mol. The summed E-state index contributed by atoms with van der Waals surface area (Å²) in [5.74, 6) is 0. The van der Waals surface area contributed by atoms with Crippen LogP contribution in [0.3, 0.4) is 0 Å². The van der Waals surface area contributed by atoms with E-state index in [-0.39, 0.29) is 0 Å². The summed E-state index contributed by atoms with van der Waals surface area (Å²) in [6.45, 7) is 5.06. The maximum atomic E-state index is 5.48. The van der Waals surface area contributed by atoms with Crippen LogP contribution in [-0.4, -0.2) is 12.7 Å². The van der Waals surface area contributed by atoms with Gasteiger partial charge in [-0.1, -0.05) is 37.1 Å².